The van der Waals surface area contributed by atoms with Crippen LogP contribution in [0.3, 0.4) is 0 Å². The van der Waals surface area contributed by atoms with E-state index < -0.39 is 5.60 Å². The van der Waals surface area contributed by atoms with Crippen molar-refractivity contribution in [2.24, 2.45) is 5.73 Å². The Morgan fingerprint density at radius 2 is 2.10 bits per heavy atom. The molecule has 0 aliphatic heterocycles. The van der Waals surface area contributed by atoms with Gasteiger partial charge in [0.15, 0.2) is 0 Å². The molecule has 5 heteroatoms. The molecule has 0 fully saturated rings. The maximum absolute atomic E-state index is 11.8. The summed E-state index contributed by atoms with van der Waals surface area (Å²) in [5.41, 5.74) is 6.74. The van der Waals surface area contributed by atoms with Gasteiger partial charge in [0, 0.05) is 28.3 Å². The molecule has 0 radical (unpaired) electrons. The zero-order chi connectivity index (χ0) is 15.7. The highest BCUT2D eigenvalue weighted by molar-refractivity contribution is 7.12. The number of rotatable bonds is 4. The summed E-state index contributed by atoms with van der Waals surface area (Å²) >= 11 is 1.85. The molecule has 1 aliphatic carbocycles. The first-order chi connectivity index (χ1) is 9.73. The highest BCUT2D eigenvalue weighted by Crippen LogP contribution is 2.36. The van der Waals surface area contributed by atoms with Gasteiger partial charge >= 0.3 is 6.09 Å². The lowest BCUT2D eigenvalue weighted by atomic mass is 9.88. The van der Waals surface area contributed by atoms with Crippen LogP contribution in [0.15, 0.2) is 6.07 Å². The van der Waals surface area contributed by atoms with E-state index in [0.29, 0.717) is 13.1 Å². The molecular weight excluding hydrogens is 284 g/mol. The monoisotopic (exact) mass is 310 g/mol. The molecule has 118 valence electrons. The van der Waals surface area contributed by atoms with Crippen LogP contribution in [0.5, 0.6) is 0 Å². The number of carbonyl (C=O) groups is 1. The highest BCUT2D eigenvalue weighted by Gasteiger charge is 2.30. The van der Waals surface area contributed by atoms with Crippen molar-refractivity contribution in [2.45, 2.75) is 58.0 Å². The van der Waals surface area contributed by atoms with Crippen molar-refractivity contribution in [1.82, 2.24) is 5.32 Å². The number of nitrogens with two attached hydrogens (primary N) is 1. The fraction of sp³-hybridized carbons (Fsp3) is 0.688. The van der Waals surface area contributed by atoms with Crippen molar-refractivity contribution in [1.29, 1.82) is 0 Å². The standard InChI is InChI=1S/C16H26N2O2S/c1-15(2,3)20-14(19)18-10-16(4,9-17)13-8-11-6-5-7-12(11)21-13/h8H,5-7,9-10,17H2,1-4H3,(H,18,19). The lowest BCUT2D eigenvalue weighted by Crippen LogP contribution is -2.44. The molecule has 0 spiro atoms. The molecule has 0 bridgehead atoms. The molecule has 1 aliphatic rings. The lowest BCUT2D eigenvalue weighted by Gasteiger charge is -2.28. The van der Waals surface area contributed by atoms with Crippen LogP contribution in [0.25, 0.3) is 0 Å². The van der Waals surface area contributed by atoms with Gasteiger partial charge in [-0.3, -0.25) is 0 Å². The number of nitrogens with one attached hydrogen (secondary N) is 1. The number of fused-ring (bicyclic) bond motifs is 1. The zero-order valence-corrected chi connectivity index (χ0v) is 14.2. The summed E-state index contributed by atoms with van der Waals surface area (Å²) in [4.78, 5) is 14.6. The largest absolute Gasteiger partial charge is 0.444 e. The van der Waals surface area contributed by atoms with Gasteiger partial charge < -0.3 is 15.8 Å². The van der Waals surface area contributed by atoms with Gasteiger partial charge in [0.05, 0.1) is 0 Å². The summed E-state index contributed by atoms with van der Waals surface area (Å²) in [6, 6.07) is 2.27. The van der Waals surface area contributed by atoms with E-state index in [9.17, 15) is 4.79 Å². The summed E-state index contributed by atoms with van der Waals surface area (Å²) in [7, 11) is 0. The normalized spacial score (nSPS) is 17.2. The second-order valence-corrected chi connectivity index (χ2v) is 8.17. The summed E-state index contributed by atoms with van der Waals surface area (Å²) in [6.07, 6.45) is 3.23. The first-order valence-electron chi connectivity index (χ1n) is 7.52. The fourth-order valence-corrected chi connectivity index (χ4v) is 3.87. The Labute approximate surface area is 131 Å². The van der Waals surface area contributed by atoms with Crippen molar-refractivity contribution in [3.8, 4) is 0 Å². The van der Waals surface area contributed by atoms with Gasteiger partial charge in [0.1, 0.15) is 5.60 Å². The molecule has 1 unspecified atom stereocenters. The average molecular weight is 310 g/mol. The number of carbonyl (C=O) groups excluding carboxylic acids is 1. The number of thiophene rings is 1. The summed E-state index contributed by atoms with van der Waals surface area (Å²) in [6.45, 7) is 8.68. The van der Waals surface area contributed by atoms with Crippen LogP contribution in [0, 0.1) is 0 Å². The second kappa shape index (κ2) is 5.97. The molecule has 1 aromatic heterocycles. The van der Waals surface area contributed by atoms with E-state index in [-0.39, 0.29) is 11.5 Å². The van der Waals surface area contributed by atoms with Crippen molar-refractivity contribution < 1.29 is 9.53 Å². The molecule has 1 atom stereocenters. The van der Waals surface area contributed by atoms with E-state index in [1.165, 1.54) is 34.6 Å². The first kappa shape index (κ1) is 16.3. The Morgan fingerprint density at radius 3 is 2.67 bits per heavy atom. The van der Waals surface area contributed by atoms with E-state index in [1.807, 2.05) is 32.1 Å². The molecule has 1 amide bonds. The van der Waals surface area contributed by atoms with Crippen LogP contribution in [-0.2, 0) is 23.0 Å². The second-order valence-electron chi connectivity index (χ2n) is 7.03. The van der Waals surface area contributed by atoms with Crippen LogP contribution in [0.1, 0.15) is 49.4 Å². The molecule has 0 saturated heterocycles. The number of alkyl carbamates (subject to hydrolysis) is 1. The van der Waals surface area contributed by atoms with E-state index in [1.54, 1.807) is 0 Å². The minimum absolute atomic E-state index is 0.230. The van der Waals surface area contributed by atoms with Crippen LogP contribution < -0.4 is 11.1 Å². The van der Waals surface area contributed by atoms with Crippen LogP contribution in [0.4, 0.5) is 4.79 Å². The third-order valence-corrected chi connectivity index (χ3v) is 5.36. The molecule has 3 N–H and O–H groups in total. The number of ether oxygens (including phenoxy) is 1. The zero-order valence-electron chi connectivity index (χ0n) is 13.4. The molecule has 0 aromatic carbocycles. The van der Waals surface area contributed by atoms with Crippen molar-refractivity contribution in [3.05, 3.63) is 21.4 Å². The first-order valence-corrected chi connectivity index (χ1v) is 8.34. The number of aryl methyl sites for hydroxylation is 2. The van der Waals surface area contributed by atoms with Crippen molar-refractivity contribution in [3.63, 3.8) is 0 Å². The minimum Gasteiger partial charge on any atom is -0.444 e. The number of hydrogen-bond donors (Lipinski definition) is 2. The lowest BCUT2D eigenvalue weighted by molar-refractivity contribution is 0.0517. The Balaban J connectivity index is 2.02. The Kier molecular flexibility index (Phi) is 4.63. The number of hydrogen-bond acceptors (Lipinski definition) is 4. The van der Waals surface area contributed by atoms with Crippen molar-refractivity contribution in [2.75, 3.05) is 13.1 Å². The molecule has 1 aromatic rings. The maximum atomic E-state index is 11.8. The molecular formula is C16H26N2O2S. The molecule has 0 saturated carbocycles. The van der Waals surface area contributed by atoms with E-state index in [2.05, 4.69) is 18.3 Å². The van der Waals surface area contributed by atoms with Gasteiger partial charge in [-0.05, 0) is 51.7 Å². The molecule has 1 heterocycles. The quantitative estimate of drug-likeness (QED) is 0.898. The van der Waals surface area contributed by atoms with Gasteiger partial charge in [0.25, 0.3) is 0 Å². The molecule has 2 rings (SSSR count). The Hall–Kier alpha value is -1.07. The summed E-state index contributed by atoms with van der Waals surface area (Å²) in [5, 5.41) is 2.86. The third kappa shape index (κ3) is 3.98. The smallest absolute Gasteiger partial charge is 0.407 e. The maximum Gasteiger partial charge on any atom is 0.407 e. The Bertz CT molecular complexity index is 497. The van der Waals surface area contributed by atoms with Gasteiger partial charge in [0.2, 0.25) is 0 Å². The minimum atomic E-state index is -0.479. The van der Waals surface area contributed by atoms with Gasteiger partial charge in [-0.25, -0.2) is 4.79 Å². The highest BCUT2D eigenvalue weighted by atomic mass is 32.1. The van der Waals surface area contributed by atoms with Crippen LogP contribution >= 0.6 is 11.3 Å². The van der Waals surface area contributed by atoms with Gasteiger partial charge in [-0.2, -0.15) is 0 Å². The number of amides is 1. The van der Waals surface area contributed by atoms with E-state index in [4.69, 9.17) is 10.5 Å². The van der Waals surface area contributed by atoms with E-state index in [0.717, 1.165) is 0 Å². The summed E-state index contributed by atoms with van der Waals surface area (Å²) < 4.78 is 5.29. The summed E-state index contributed by atoms with van der Waals surface area (Å²) in [5.74, 6) is 0. The third-order valence-electron chi connectivity index (χ3n) is 3.81. The Morgan fingerprint density at radius 1 is 1.38 bits per heavy atom. The molecule has 4 nitrogen and oxygen atoms in total. The fourth-order valence-electron chi connectivity index (χ4n) is 2.47. The van der Waals surface area contributed by atoms with Gasteiger partial charge in [-0.15, -0.1) is 11.3 Å². The van der Waals surface area contributed by atoms with Gasteiger partial charge in [-0.1, -0.05) is 6.92 Å². The van der Waals surface area contributed by atoms with E-state index >= 15 is 0 Å². The van der Waals surface area contributed by atoms with Crippen molar-refractivity contribution >= 4 is 17.4 Å². The predicted molar refractivity (Wildman–Crippen MR) is 87.0 cm³/mol. The van der Waals surface area contributed by atoms with Crippen LogP contribution in [0.2, 0.25) is 0 Å². The predicted octanol–water partition coefficient (Wildman–Crippen LogP) is 2.98. The molecule has 21 heavy (non-hydrogen) atoms. The van der Waals surface area contributed by atoms with Crippen LogP contribution in [-0.4, -0.2) is 24.8 Å². The topological polar surface area (TPSA) is 64.3 Å². The average Bonchev–Trinajstić information content (AvgIpc) is 2.94. The SMILES string of the molecule is CC(C)(C)OC(=O)NCC(C)(CN)c1cc2c(s1)CCC2.